The highest BCUT2D eigenvalue weighted by atomic mass is 16.5. The van der Waals surface area contributed by atoms with Gasteiger partial charge in [0, 0.05) is 26.1 Å². The van der Waals surface area contributed by atoms with Crippen LogP contribution in [0.15, 0.2) is 30.3 Å². The summed E-state index contributed by atoms with van der Waals surface area (Å²) in [5.74, 6) is -0.228. The van der Waals surface area contributed by atoms with Crippen molar-refractivity contribution in [3.05, 3.63) is 35.9 Å². The number of amides is 1. The molecule has 1 aromatic carbocycles. The lowest BCUT2D eigenvalue weighted by Crippen LogP contribution is -2.35. The fourth-order valence-electron chi connectivity index (χ4n) is 2.66. The van der Waals surface area contributed by atoms with Gasteiger partial charge in [-0.25, -0.2) is 0 Å². The summed E-state index contributed by atoms with van der Waals surface area (Å²) >= 11 is 0. The number of rotatable bonds is 5. The van der Waals surface area contributed by atoms with Gasteiger partial charge < -0.3 is 9.64 Å². The van der Waals surface area contributed by atoms with Crippen LogP contribution in [0.2, 0.25) is 0 Å². The van der Waals surface area contributed by atoms with Crippen molar-refractivity contribution < 1.29 is 9.53 Å². The van der Waals surface area contributed by atoms with Crippen molar-refractivity contribution in [1.82, 2.24) is 4.90 Å². The summed E-state index contributed by atoms with van der Waals surface area (Å²) in [5.41, 5.74) is 1.03. The highest BCUT2D eigenvalue weighted by molar-refractivity contribution is 5.81. The molecule has 4 nitrogen and oxygen atoms in total. The number of carbonyl (C=O) groups excluding carboxylic acids is 1. The summed E-state index contributed by atoms with van der Waals surface area (Å²) in [6.45, 7) is 2.12. The van der Waals surface area contributed by atoms with E-state index in [2.05, 4.69) is 6.07 Å². The Hall–Kier alpha value is -1.86. The molecule has 2 unspecified atom stereocenters. The predicted molar refractivity (Wildman–Crippen MR) is 75.8 cm³/mol. The van der Waals surface area contributed by atoms with E-state index in [0.717, 1.165) is 18.5 Å². The van der Waals surface area contributed by atoms with Crippen molar-refractivity contribution in [2.75, 3.05) is 26.8 Å². The van der Waals surface area contributed by atoms with Gasteiger partial charge in [-0.2, -0.15) is 5.26 Å². The molecule has 1 aliphatic heterocycles. The van der Waals surface area contributed by atoms with Crippen molar-refractivity contribution in [2.24, 2.45) is 11.8 Å². The zero-order valence-electron chi connectivity index (χ0n) is 11.8. The van der Waals surface area contributed by atoms with Gasteiger partial charge in [0.2, 0.25) is 5.91 Å². The third-order valence-corrected chi connectivity index (χ3v) is 3.74. The number of likely N-dealkylation sites (tertiary alicyclic amines) is 1. The molecule has 0 bridgehead atoms. The third kappa shape index (κ3) is 3.58. The molecule has 0 radical (unpaired) electrons. The molecule has 1 fully saturated rings. The second-order valence-electron chi connectivity index (χ2n) is 5.27. The number of nitrogens with zero attached hydrogens (tertiary/aromatic N) is 2. The molecule has 1 heterocycles. The summed E-state index contributed by atoms with van der Waals surface area (Å²) < 4.78 is 5.13. The number of benzene rings is 1. The van der Waals surface area contributed by atoms with Crippen LogP contribution in [0, 0.1) is 23.2 Å². The maximum atomic E-state index is 12.4. The average Bonchev–Trinajstić information content (AvgIpc) is 2.94. The number of hydrogen-bond acceptors (Lipinski definition) is 3. The SMILES string of the molecule is COCC1CCN(C(=O)C(C#N)Cc2ccccc2)C1. The van der Waals surface area contributed by atoms with Crippen LogP contribution >= 0.6 is 0 Å². The summed E-state index contributed by atoms with van der Waals surface area (Å²) in [7, 11) is 1.68. The lowest BCUT2D eigenvalue weighted by molar-refractivity contribution is -0.132. The molecular weight excluding hydrogens is 252 g/mol. The molecule has 0 aromatic heterocycles. The van der Waals surface area contributed by atoms with Crippen LogP contribution in [0.4, 0.5) is 0 Å². The predicted octanol–water partition coefficient (Wildman–Crippen LogP) is 1.86. The van der Waals surface area contributed by atoms with Crippen molar-refractivity contribution in [1.29, 1.82) is 5.26 Å². The molecule has 1 amide bonds. The topological polar surface area (TPSA) is 53.3 Å². The quantitative estimate of drug-likeness (QED) is 0.822. The van der Waals surface area contributed by atoms with E-state index in [-0.39, 0.29) is 5.91 Å². The van der Waals surface area contributed by atoms with E-state index in [1.165, 1.54) is 0 Å². The van der Waals surface area contributed by atoms with E-state index in [9.17, 15) is 10.1 Å². The average molecular weight is 272 g/mol. The lowest BCUT2D eigenvalue weighted by Gasteiger charge is -2.19. The molecule has 0 N–H and O–H groups in total. The second-order valence-corrected chi connectivity index (χ2v) is 5.27. The molecule has 1 saturated heterocycles. The van der Waals surface area contributed by atoms with Gasteiger partial charge in [0.05, 0.1) is 12.7 Å². The first-order valence-electron chi connectivity index (χ1n) is 6.96. The molecule has 20 heavy (non-hydrogen) atoms. The van der Waals surface area contributed by atoms with Crippen molar-refractivity contribution in [2.45, 2.75) is 12.8 Å². The van der Waals surface area contributed by atoms with Crippen LogP contribution < -0.4 is 0 Å². The fraction of sp³-hybridized carbons (Fsp3) is 0.500. The van der Waals surface area contributed by atoms with Gasteiger partial charge in [0.25, 0.3) is 0 Å². The van der Waals surface area contributed by atoms with Crippen LogP contribution in [0.5, 0.6) is 0 Å². The van der Waals surface area contributed by atoms with E-state index in [1.54, 1.807) is 12.0 Å². The smallest absolute Gasteiger partial charge is 0.240 e. The van der Waals surface area contributed by atoms with Gasteiger partial charge >= 0.3 is 0 Å². The standard InChI is InChI=1S/C16H20N2O2/c1-20-12-14-7-8-18(11-14)16(19)15(10-17)9-13-5-3-2-4-6-13/h2-6,14-15H,7-9,11-12H2,1H3. The van der Waals surface area contributed by atoms with Gasteiger partial charge in [-0.3, -0.25) is 4.79 Å². The van der Waals surface area contributed by atoms with Gasteiger partial charge in [0.15, 0.2) is 0 Å². The molecule has 106 valence electrons. The molecule has 1 aromatic rings. The van der Waals surface area contributed by atoms with Crippen LogP contribution in [-0.4, -0.2) is 37.6 Å². The minimum absolute atomic E-state index is 0.0463. The zero-order chi connectivity index (χ0) is 14.4. The molecular formula is C16H20N2O2. The largest absolute Gasteiger partial charge is 0.384 e. The number of carbonyl (C=O) groups is 1. The van der Waals surface area contributed by atoms with Crippen LogP contribution in [0.3, 0.4) is 0 Å². The van der Waals surface area contributed by atoms with Crippen molar-refractivity contribution in [3.8, 4) is 6.07 Å². The fourth-order valence-corrected chi connectivity index (χ4v) is 2.66. The maximum Gasteiger partial charge on any atom is 0.240 e. The summed E-state index contributed by atoms with van der Waals surface area (Å²) in [6.07, 6.45) is 1.45. The molecule has 2 rings (SSSR count). The Morgan fingerprint density at radius 2 is 2.25 bits per heavy atom. The maximum absolute atomic E-state index is 12.4. The Balaban J connectivity index is 1.95. The van der Waals surface area contributed by atoms with E-state index in [1.807, 2.05) is 30.3 Å². The Morgan fingerprint density at radius 1 is 1.50 bits per heavy atom. The molecule has 4 heteroatoms. The molecule has 0 saturated carbocycles. The number of methoxy groups -OCH3 is 1. The van der Waals surface area contributed by atoms with Crippen LogP contribution in [0.25, 0.3) is 0 Å². The Morgan fingerprint density at radius 3 is 2.90 bits per heavy atom. The van der Waals surface area contributed by atoms with E-state index in [4.69, 9.17) is 4.74 Å². The zero-order valence-corrected chi connectivity index (χ0v) is 11.8. The molecule has 0 aliphatic carbocycles. The first-order valence-corrected chi connectivity index (χ1v) is 6.96. The first kappa shape index (κ1) is 14.5. The van der Waals surface area contributed by atoms with Gasteiger partial charge in [-0.15, -0.1) is 0 Å². The van der Waals surface area contributed by atoms with E-state index < -0.39 is 5.92 Å². The lowest BCUT2D eigenvalue weighted by atomic mass is 9.99. The summed E-state index contributed by atoms with van der Waals surface area (Å²) in [6, 6.07) is 11.9. The van der Waals surface area contributed by atoms with E-state index >= 15 is 0 Å². The second kappa shape index (κ2) is 7.06. The normalized spacial score (nSPS) is 19.6. The van der Waals surface area contributed by atoms with Gasteiger partial charge in [-0.05, 0) is 18.4 Å². The first-order chi connectivity index (χ1) is 9.74. The monoisotopic (exact) mass is 272 g/mol. The summed E-state index contributed by atoms with van der Waals surface area (Å²) in [5, 5.41) is 9.27. The number of nitriles is 1. The number of ether oxygens (including phenoxy) is 1. The van der Waals surface area contributed by atoms with E-state index in [0.29, 0.717) is 25.5 Å². The van der Waals surface area contributed by atoms with Crippen LogP contribution in [0.1, 0.15) is 12.0 Å². The molecule has 2 atom stereocenters. The molecule has 0 spiro atoms. The van der Waals surface area contributed by atoms with Gasteiger partial charge in [-0.1, -0.05) is 30.3 Å². The Bertz CT molecular complexity index is 481. The Labute approximate surface area is 120 Å². The molecule has 1 aliphatic rings. The highest BCUT2D eigenvalue weighted by Crippen LogP contribution is 2.20. The minimum atomic E-state index is -0.585. The van der Waals surface area contributed by atoms with Crippen molar-refractivity contribution >= 4 is 5.91 Å². The highest BCUT2D eigenvalue weighted by Gasteiger charge is 2.30. The van der Waals surface area contributed by atoms with Crippen LogP contribution in [-0.2, 0) is 16.0 Å². The Kier molecular flexibility index (Phi) is 5.14. The third-order valence-electron chi connectivity index (χ3n) is 3.74. The summed E-state index contributed by atoms with van der Waals surface area (Å²) in [4.78, 5) is 14.2. The van der Waals surface area contributed by atoms with Crippen molar-refractivity contribution in [3.63, 3.8) is 0 Å². The van der Waals surface area contributed by atoms with Gasteiger partial charge in [0.1, 0.15) is 5.92 Å². The number of hydrogen-bond donors (Lipinski definition) is 0. The minimum Gasteiger partial charge on any atom is -0.384 e.